The van der Waals surface area contributed by atoms with Crippen molar-refractivity contribution in [1.29, 1.82) is 0 Å². The Morgan fingerprint density at radius 2 is 2.05 bits per heavy atom. The minimum atomic E-state index is -0.825. The van der Waals surface area contributed by atoms with Crippen molar-refractivity contribution in [3.63, 3.8) is 0 Å². The molecule has 0 saturated carbocycles. The third kappa shape index (κ3) is 2.39. The Balaban J connectivity index is 1.68. The lowest BCUT2D eigenvalue weighted by Gasteiger charge is -2.32. The Labute approximate surface area is 110 Å². The molecule has 1 fully saturated rings. The van der Waals surface area contributed by atoms with Crippen LogP contribution in [0.25, 0.3) is 5.65 Å². The maximum atomic E-state index is 10.8. The van der Waals surface area contributed by atoms with Crippen LogP contribution in [0.5, 0.6) is 0 Å². The van der Waals surface area contributed by atoms with Gasteiger partial charge in [0.15, 0.2) is 0 Å². The second kappa shape index (κ2) is 4.89. The van der Waals surface area contributed by atoms with Gasteiger partial charge in [-0.25, -0.2) is 9.78 Å². The van der Waals surface area contributed by atoms with Crippen molar-refractivity contribution in [3.8, 4) is 0 Å². The van der Waals surface area contributed by atoms with Crippen LogP contribution in [0.4, 0.5) is 4.79 Å². The lowest BCUT2D eigenvalue weighted by atomic mass is 10.3. The van der Waals surface area contributed by atoms with Gasteiger partial charge in [0, 0.05) is 38.9 Å². The van der Waals surface area contributed by atoms with Crippen molar-refractivity contribution in [2.45, 2.75) is 6.54 Å². The van der Waals surface area contributed by atoms with Crippen LogP contribution in [-0.2, 0) is 6.54 Å². The van der Waals surface area contributed by atoms with E-state index in [-0.39, 0.29) is 0 Å². The number of piperazine rings is 1. The smallest absolute Gasteiger partial charge is 0.407 e. The molecule has 1 aliphatic heterocycles. The largest absolute Gasteiger partial charge is 0.465 e. The van der Waals surface area contributed by atoms with Gasteiger partial charge in [0.05, 0.1) is 11.9 Å². The van der Waals surface area contributed by atoms with Crippen molar-refractivity contribution >= 4 is 11.7 Å². The second-order valence-corrected chi connectivity index (χ2v) is 4.72. The molecule has 0 bridgehead atoms. The van der Waals surface area contributed by atoms with Gasteiger partial charge >= 0.3 is 6.09 Å². The van der Waals surface area contributed by atoms with E-state index < -0.39 is 6.09 Å². The van der Waals surface area contributed by atoms with Gasteiger partial charge in [0.25, 0.3) is 0 Å². The first-order valence-corrected chi connectivity index (χ1v) is 6.35. The van der Waals surface area contributed by atoms with Crippen molar-refractivity contribution < 1.29 is 9.90 Å². The molecule has 2 aromatic heterocycles. The molecule has 100 valence electrons. The molecule has 6 heteroatoms. The molecule has 0 aromatic carbocycles. The van der Waals surface area contributed by atoms with Crippen molar-refractivity contribution in [1.82, 2.24) is 19.2 Å². The Morgan fingerprint density at radius 1 is 1.26 bits per heavy atom. The van der Waals surface area contributed by atoms with Crippen LogP contribution in [0.15, 0.2) is 30.6 Å². The molecule has 0 radical (unpaired) electrons. The predicted octanol–water partition coefficient (Wildman–Crippen LogP) is 1.13. The lowest BCUT2D eigenvalue weighted by Crippen LogP contribution is -2.47. The summed E-state index contributed by atoms with van der Waals surface area (Å²) < 4.78 is 2.07. The van der Waals surface area contributed by atoms with Gasteiger partial charge in [0.1, 0.15) is 5.65 Å². The summed E-state index contributed by atoms with van der Waals surface area (Å²) in [7, 11) is 0. The molecule has 1 aliphatic rings. The first kappa shape index (κ1) is 12.0. The van der Waals surface area contributed by atoms with Gasteiger partial charge in [-0.1, -0.05) is 6.07 Å². The molecule has 2 aromatic rings. The molecule has 0 atom stereocenters. The van der Waals surface area contributed by atoms with Gasteiger partial charge in [-0.2, -0.15) is 0 Å². The van der Waals surface area contributed by atoms with Crippen LogP contribution in [0.1, 0.15) is 5.69 Å². The molecule has 0 spiro atoms. The lowest BCUT2D eigenvalue weighted by molar-refractivity contribution is 0.102. The maximum Gasteiger partial charge on any atom is 0.407 e. The highest BCUT2D eigenvalue weighted by Crippen LogP contribution is 2.11. The number of rotatable bonds is 2. The first-order chi connectivity index (χ1) is 9.24. The zero-order chi connectivity index (χ0) is 13.2. The van der Waals surface area contributed by atoms with E-state index in [1.54, 1.807) is 0 Å². The van der Waals surface area contributed by atoms with E-state index in [9.17, 15) is 4.79 Å². The van der Waals surface area contributed by atoms with Crippen LogP contribution in [-0.4, -0.2) is 56.6 Å². The number of amides is 1. The average Bonchev–Trinajstić information content (AvgIpc) is 2.83. The number of pyridine rings is 1. The second-order valence-electron chi connectivity index (χ2n) is 4.72. The topological polar surface area (TPSA) is 61.1 Å². The number of nitrogens with zero attached hydrogens (tertiary/aromatic N) is 4. The summed E-state index contributed by atoms with van der Waals surface area (Å²) in [6, 6.07) is 5.93. The summed E-state index contributed by atoms with van der Waals surface area (Å²) in [5.74, 6) is 0. The molecule has 0 aliphatic carbocycles. The maximum absolute atomic E-state index is 10.8. The van der Waals surface area contributed by atoms with Crippen molar-refractivity contribution in [3.05, 3.63) is 36.3 Å². The Morgan fingerprint density at radius 3 is 2.79 bits per heavy atom. The zero-order valence-corrected chi connectivity index (χ0v) is 10.6. The van der Waals surface area contributed by atoms with E-state index in [1.165, 1.54) is 4.90 Å². The summed E-state index contributed by atoms with van der Waals surface area (Å²) >= 11 is 0. The molecule has 1 N–H and O–H groups in total. The number of fused-ring (bicyclic) bond motifs is 1. The number of hydrogen-bond acceptors (Lipinski definition) is 3. The third-order valence-corrected chi connectivity index (χ3v) is 3.52. The summed E-state index contributed by atoms with van der Waals surface area (Å²) in [5, 5.41) is 8.92. The molecule has 3 rings (SSSR count). The fourth-order valence-electron chi connectivity index (χ4n) is 2.43. The number of aromatic nitrogens is 2. The molecule has 3 heterocycles. The van der Waals surface area contributed by atoms with Crippen LogP contribution < -0.4 is 0 Å². The van der Waals surface area contributed by atoms with Crippen molar-refractivity contribution in [2.75, 3.05) is 26.2 Å². The highest BCUT2D eigenvalue weighted by atomic mass is 16.4. The molecule has 0 unspecified atom stereocenters. The number of imidazole rings is 1. The standard InChI is InChI=1S/C13H16N4O2/c18-13(19)16-7-5-15(6-8-16)10-11-9-14-12-3-1-2-4-17(11)12/h1-4,9H,5-8,10H2,(H,18,19). The molecule has 1 amide bonds. The van der Waals surface area contributed by atoms with Crippen LogP contribution in [0.2, 0.25) is 0 Å². The fraction of sp³-hybridized carbons (Fsp3) is 0.385. The van der Waals surface area contributed by atoms with Gasteiger partial charge in [-0.05, 0) is 12.1 Å². The third-order valence-electron chi connectivity index (χ3n) is 3.52. The Kier molecular flexibility index (Phi) is 3.08. The SMILES string of the molecule is O=C(O)N1CCN(Cc2cnc3ccccn23)CC1. The van der Waals surface area contributed by atoms with Crippen molar-refractivity contribution in [2.24, 2.45) is 0 Å². The van der Waals surface area contributed by atoms with E-state index >= 15 is 0 Å². The van der Waals surface area contributed by atoms with Gasteiger partial charge in [-0.15, -0.1) is 0 Å². The summed E-state index contributed by atoms with van der Waals surface area (Å²) in [5.41, 5.74) is 2.08. The highest BCUT2D eigenvalue weighted by molar-refractivity contribution is 5.65. The van der Waals surface area contributed by atoms with Gasteiger partial charge in [-0.3, -0.25) is 4.90 Å². The molecule has 1 saturated heterocycles. The fourth-order valence-corrected chi connectivity index (χ4v) is 2.43. The number of carbonyl (C=O) groups is 1. The molecule has 6 nitrogen and oxygen atoms in total. The molecule has 19 heavy (non-hydrogen) atoms. The number of hydrogen-bond donors (Lipinski definition) is 1. The van der Waals surface area contributed by atoms with Crippen LogP contribution in [0.3, 0.4) is 0 Å². The Hall–Kier alpha value is -2.08. The van der Waals surface area contributed by atoms with E-state index in [4.69, 9.17) is 5.11 Å². The minimum absolute atomic E-state index is 0.575. The van der Waals surface area contributed by atoms with E-state index in [2.05, 4.69) is 14.3 Å². The minimum Gasteiger partial charge on any atom is -0.465 e. The van der Waals surface area contributed by atoms with Gasteiger partial charge < -0.3 is 14.4 Å². The molecular weight excluding hydrogens is 244 g/mol. The highest BCUT2D eigenvalue weighted by Gasteiger charge is 2.20. The normalized spacial score (nSPS) is 16.9. The van der Waals surface area contributed by atoms with E-state index in [0.29, 0.717) is 13.1 Å². The van der Waals surface area contributed by atoms with Crippen LogP contribution in [0, 0.1) is 0 Å². The summed E-state index contributed by atoms with van der Waals surface area (Å²) in [4.78, 5) is 18.9. The van der Waals surface area contributed by atoms with E-state index in [0.717, 1.165) is 31.0 Å². The zero-order valence-electron chi connectivity index (χ0n) is 10.6. The molecular formula is C13H16N4O2. The summed E-state index contributed by atoms with van der Waals surface area (Å²) in [6.07, 6.45) is 3.07. The predicted molar refractivity (Wildman–Crippen MR) is 70.1 cm³/mol. The summed E-state index contributed by atoms with van der Waals surface area (Å²) in [6.45, 7) is 3.50. The average molecular weight is 260 g/mol. The first-order valence-electron chi connectivity index (χ1n) is 6.35. The quantitative estimate of drug-likeness (QED) is 0.879. The van der Waals surface area contributed by atoms with Crippen LogP contribution >= 0.6 is 0 Å². The van der Waals surface area contributed by atoms with E-state index in [1.807, 2.05) is 30.6 Å². The number of carboxylic acid groups (broad SMARTS) is 1. The van der Waals surface area contributed by atoms with Gasteiger partial charge in [0.2, 0.25) is 0 Å². The monoisotopic (exact) mass is 260 g/mol. The Bertz CT molecular complexity index is 587.